The lowest BCUT2D eigenvalue weighted by molar-refractivity contribution is 1.17. The summed E-state index contributed by atoms with van der Waals surface area (Å²) in [5.41, 5.74) is 1.80. The SMILES string of the molecule is C=C(C)Sc1nc2nc(C)c(Br)cc2s1. The van der Waals surface area contributed by atoms with Gasteiger partial charge in [0.05, 0.1) is 10.4 Å². The first-order chi connectivity index (χ1) is 7.06. The van der Waals surface area contributed by atoms with Gasteiger partial charge >= 0.3 is 0 Å². The number of fused-ring (bicyclic) bond motifs is 1. The summed E-state index contributed by atoms with van der Waals surface area (Å²) in [4.78, 5) is 9.90. The fourth-order valence-electron chi connectivity index (χ4n) is 1.10. The molecule has 2 aromatic rings. The molecule has 0 saturated heterocycles. The van der Waals surface area contributed by atoms with Crippen LogP contribution in [0.4, 0.5) is 0 Å². The third-order valence-electron chi connectivity index (χ3n) is 1.75. The molecule has 0 spiro atoms. The molecule has 0 aliphatic carbocycles. The minimum atomic E-state index is 0.824. The van der Waals surface area contributed by atoms with Crippen molar-refractivity contribution >= 4 is 49.4 Å². The van der Waals surface area contributed by atoms with E-state index in [4.69, 9.17) is 0 Å². The number of hydrogen-bond donors (Lipinski definition) is 0. The summed E-state index contributed by atoms with van der Waals surface area (Å²) in [6.07, 6.45) is 0. The average Bonchev–Trinajstić information content (AvgIpc) is 2.46. The molecule has 0 atom stereocenters. The topological polar surface area (TPSA) is 25.8 Å². The fourth-order valence-corrected chi connectivity index (χ4v) is 3.54. The number of allylic oxidation sites excluding steroid dienone is 1. The van der Waals surface area contributed by atoms with Gasteiger partial charge in [-0.15, -0.1) is 11.3 Å². The zero-order valence-electron chi connectivity index (χ0n) is 8.37. The van der Waals surface area contributed by atoms with Gasteiger partial charge in [0, 0.05) is 4.47 Å². The van der Waals surface area contributed by atoms with Crippen LogP contribution in [0.2, 0.25) is 0 Å². The molecule has 2 aromatic heterocycles. The normalized spacial score (nSPS) is 10.9. The van der Waals surface area contributed by atoms with Crippen LogP contribution in [-0.2, 0) is 0 Å². The minimum absolute atomic E-state index is 0.824. The van der Waals surface area contributed by atoms with Crippen molar-refractivity contribution in [2.75, 3.05) is 0 Å². The maximum absolute atomic E-state index is 4.44. The van der Waals surface area contributed by atoms with Gasteiger partial charge in [0.25, 0.3) is 0 Å². The van der Waals surface area contributed by atoms with Crippen LogP contribution in [0.1, 0.15) is 12.6 Å². The van der Waals surface area contributed by atoms with Gasteiger partial charge in [-0.2, -0.15) is 0 Å². The van der Waals surface area contributed by atoms with Crippen molar-refractivity contribution in [1.82, 2.24) is 9.97 Å². The lowest BCUT2D eigenvalue weighted by atomic mass is 10.4. The van der Waals surface area contributed by atoms with Gasteiger partial charge < -0.3 is 0 Å². The molecule has 2 heterocycles. The first-order valence-corrected chi connectivity index (χ1v) is 6.76. The number of thioether (sulfide) groups is 1. The molecular weight excluding hydrogens is 292 g/mol. The van der Waals surface area contributed by atoms with Crippen LogP contribution in [-0.4, -0.2) is 9.97 Å². The number of pyridine rings is 1. The molecule has 0 aromatic carbocycles. The van der Waals surface area contributed by atoms with E-state index in [1.54, 1.807) is 23.1 Å². The van der Waals surface area contributed by atoms with Crippen LogP contribution < -0.4 is 0 Å². The lowest BCUT2D eigenvalue weighted by Crippen LogP contribution is -1.83. The minimum Gasteiger partial charge on any atom is -0.231 e. The molecule has 15 heavy (non-hydrogen) atoms. The number of aromatic nitrogens is 2. The molecule has 2 nitrogen and oxygen atoms in total. The van der Waals surface area contributed by atoms with Crippen molar-refractivity contribution in [2.24, 2.45) is 0 Å². The van der Waals surface area contributed by atoms with Gasteiger partial charge in [-0.1, -0.05) is 18.3 Å². The van der Waals surface area contributed by atoms with Crippen molar-refractivity contribution < 1.29 is 0 Å². The Morgan fingerprint density at radius 1 is 1.53 bits per heavy atom. The lowest BCUT2D eigenvalue weighted by Gasteiger charge is -1.94. The zero-order valence-corrected chi connectivity index (χ0v) is 11.6. The first kappa shape index (κ1) is 11.1. The van der Waals surface area contributed by atoms with Gasteiger partial charge in [-0.3, -0.25) is 0 Å². The molecular formula is C10H9BrN2S2. The molecule has 2 rings (SSSR count). The second-order valence-electron chi connectivity index (χ2n) is 3.16. The number of nitrogens with zero attached hydrogens (tertiary/aromatic N) is 2. The van der Waals surface area contributed by atoms with Crippen LogP contribution in [0.15, 0.2) is 26.4 Å². The van der Waals surface area contributed by atoms with Crippen LogP contribution >= 0.6 is 39.0 Å². The summed E-state index contributed by atoms with van der Waals surface area (Å²) >= 11 is 6.71. The van der Waals surface area contributed by atoms with Gasteiger partial charge in [0.15, 0.2) is 9.99 Å². The second kappa shape index (κ2) is 4.23. The summed E-state index contributed by atoms with van der Waals surface area (Å²) in [5, 5.41) is 0. The molecule has 78 valence electrons. The Morgan fingerprint density at radius 3 is 2.93 bits per heavy atom. The Kier molecular flexibility index (Phi) is 3.13. The highest BCUT2D eigenvalue weighted by molar-refractivity contribution is 9.10. The zero-order chi connectivity index (χ0) is 11.0. The highest BCUT2D eigenvalue weighted by Gasteiger charge is 2.08. The van der Waals surface area contributed by atoms with Crippen molar-refractivity contribution in [3.05, 3.63) is 27.7 Å². The Hall–Kier alpha value is -0.390. The average molecular weight is 301 g/mol. The van der Waals surface area contributed by atoms with Gasteiger partial charge in [0.1, 0.15) is 0 Å². The van der Waals surface area contributed by atoms with Crippen molar-refractivity contribution in [2.45, 2.75) is 18.2 Å². The Balaban J connectivity index is 2.51. The number of rotatable bonds is 2. The highest BCUT2D eigenvalue weighted by atomic mass is 79.9. The predicted octanol–water partition coefficient (Wildman–Crippen LogP) is 4.39. The third kappa shape index (κ3) is 2.41. The Morgan fingerprint density at radius 2 is 2.27 bits per heavy atom. The number of thiazole rings is 1. The second-order valence-corrected chi connectivity index (χ2v) is 6.59. The van der Waals surface area contributed by atoms with E-state index in [0.29, 0.717) is 0 Å². The van der Waals surface area contributed by atoms with Crippen LogP contribution in [0.5, 0.6) is 0 Å². The molecule has 0 bridgehead atoms. The third-order valence-corrected chi connectivity index (χ3v) is 4.46. The standard InChI is InChI=1S/C10H9BrN2S2/c1-5(2)14-10-13-9-8(15-10)4-7(11)6(3)12-9/h4H,1H2,2-3H3. The molecule has 0 radical (unpaired) electrons. The maximum atomic E-state index is 4.44. The van der Waals surface area contributed by atoms with Crippen molar-refractivity contribution in [1.29, 1.82) is 0 Å². The van der Waals surface area contributed by atoms with E-state index in [9.17, 15) is 0 Å². The summed E-state index contributed by atoms with van der Waals surface area (Å²) in [7, 11) is 0. The van der Waals surface area contributed by atoms with E-state index >= 15 is 0 Å². The van der Waals surface area contributed by atoms with E-state index in [-0.39, 0.29) is 0 Å². The molecule has 5 heteroatoms. The van der Waals surface area contributed by atoms with Crippen molar-refractivity contribution in [3.8, 4) is 0 Å². The summed E-state index contributed by atoms with van der Waals surface area (Å²) in [5.74, 6) is 0. The van der Waals surface area contributed by atoms with E-state index in [2.05, 4.69) is 38.5 Å². The molecule has 0 saturated carbocycles. The maximum Gasteiger partial charge on any atom is 0.171 e. The molecule has 0 amide bonds. The van der Waals surface area contributed by atoms with Gasteiger partial charge in [0.2, 0.25) is 0 Å². The van der Waals surface area contributed by atoms with E-state index in [1.165, 1.54) is 0 Å². The van der Waals surface area contributed by atoms with Gasteiger partial charge in [-0.25, -0.2) is 9.97 Å². The number of hydrogen-bond acceptors (Lipinski definition) is 4. The van der Waals surface area contributed by atoms with E-state index in [0.717, 1.165) is 29.8 Å². The summed E-state index contributed by atoms with van der Waals surface area (Å²) < 4.78 is 3.14. The summed E-state index contributed by atoms with van der Waals surface area (Å²) in [6.45, 7) is 7.80. The monoisotopic (exact) mass is 300 g/mol. The predicted molar refractivity (Wildman–Crippen MR) is 70.5 cm³/mol. The van der Waals surface area contributed by atoms with E-state index in [1.807, 2.05) is 13.8 Å². The van der Waals surface area contributed by atoms with E-state index < -0.39 is 0 Å². The number of aryl methyl sites for hydroxylation is 1. The van der Waals surface area contributed by atoms with Gasteiger partial charge in [-0.05, 0) is 40.7 Å². The fraction of sp³-hybridized carbons (Fsp3) is 0.200. The quantitative estimate of drug-likeness (QED) is 0.769. The van der Waals surface area contributed by atoms with Crippen LogP contribution in [0.25, 0.3) is 10.3 Å². The van der Waals surface area contributed by atoms with Crippen LogP contribution in [0, 0.1) is 6.92 Å². The molecule has 0 N–H and O–H groups in total. The highest BCUT2D eigenvalue weighted by Crippen LogP contribution is 2.33. The van der Waals surface area contributed by atoms with Crippen molar-refractivity contribution in [3.63, 3.8) is 0 Å². The summed E-state index contributed by atoms with van der Waals surface area (Å²) in [6, 6.07) is 2.07. The first-order valence-electron chi connectivity index (χ1n) is 4.33. The molecule has 0 unspecified atom stereocenters. The molecule has 0 aliphatic heterocycles. The molecule has 0 aliphatic rings. The Labute approximate surface area is 105 Å². The van der Waals surface area contributed by atoms with Crippen LogP contribution in [0.3, 0.4) is 0 Å². The number of halogens is 1. The largest absolute Gasteiger partial charge is 0.231 e. The Bertz CT molecular complexity index is 494. The molecule has 0 fully saturated rings. The smallest absolute Gasteiger partial charge is 0.171 e.